The van der Waals surface area contributed by atoms with Crippen molar-refractivity contribution in [2.45, 2.75) is 19.5 Å². The Morgan fingerprint density at radius 3 is 2.42 bits per heavy atom. The third-order valence-corrected chi connectivity index (χ3v) is 5.32. The minimum absolute atomic E-state index is 0.0167. The predicted octanol–water partition coefficient (Wildman–Crippen LogP) is 4.95. The molecule has 0 spiro atoms. The molecule has 2 aromatic carbocycles. The summed E-state index contributed by atoms with van der Waals surface area (Å²) in [5.41, 5.74) is 1.09. The van der Waals surface area contributed by atoms with Gasteiger partial charge in [0.05, 0.1) is 31.0 Å². The van der Waals surface area contributed by atoms with Crippen LogP contribution in [0.4, 0.5) is 0 Å². The second kappa shape index (κ2) is 8.70. The van der Waals surface area contributed by atoms with E-state index < -0.39 is 17.7 Å². The standard InChI is InChI=1S/C24H20ClNO5/c1-2-30-18-11-7-15(8-12-18)21-20(22(27)16-5-9-17(25)10-6-16)23(28)24(29)26(21)14-19-4-3-13-31-19/h3-13,21,27H,2,14H2,1H3/b22-20+. The van der Waals surface area contributed by atoms with Crippen LogP contribution in [0, 0.1) is 0 Å². The van der Waals surface area contributed by atoms with E-state index in [0.717, 1.165) is 0 Å². The van der Waals surface area contributed by atoms with Crippen LogP contribution in [0.3, 0.4) is 0 Å². The molecule has 31 heavy (non-hydrogen) atoms. The van der Waals surface area contributed by atoms with Crippen LogP contribution in [0.15, 0.2) is 76.9 Å². The van der Waals surface area contributed by atoms with Gasteiger partial charge in [0.25, 0.3) is 11.7 Å². The third kappa shape index (κ3) is 4.07. The first-order chi connectivity index (χ1) is 15.0. The van der Waals surface area contributed by atoms with Gasteiger partial charge in [-0.1, -0.05) is 23.7 Å². The predicted molar refractivity (Wildman–Crippen MR) is 116 cm³/mol. The van der Waals surface area contributed by atoms with E-state index in [9.17, 15) is 14.7 Å². The number of rotatable bonds is 6. The molecular weight excluding hydrogens is 418 g/mol. The maximum atomic E-state index is 13.0. The van der Waals surface area contributed by atoms with E-state index in [-0.39, 0.29) is 17.9 Å². The minimum atomic E-state index is -0.781. The van der Waals surface area contributed by atoms with E-state index in [2.05, 4.69) is 0 Å². The van der Waals surface area contributed by atoms with Gasteiger partial charge in [-0.15, -0.1) is 0 Å². The normalized spacial score (nSPS) is 17.9. The summed E-state index contributed by atoms with van der Waals surface area (Å²) in [6, 6.07) is 16.2. The fourth-order valence-corrected chi connectivity index (χ4v) is 3.76. The molecule has 1 unspecified atom stereocenters. The van der Waals surface area contributed by atoms with Crippen molar-refractivity contribution in [1.29, 1.82) is 0 Å². The molecule has 1 fully saturated rings. The molecule has 0 aliphatic carbocycles. The maximum Gasteiger partial charge on any atom is 0.296 e. The molecule has 1 aromatic heterocycles. The number of likely N-dealkylation sites (tertiary alicyclic amines) is 1. The summed E-state index contributed by atoms with van der Waals surface area (Å²) in [6.07, 6.45) is 1.51. The van der Waals surface area contributed by atoms with E-state index in [1.807, 2.05) is 6.92 Å². The molecule has 158 valence electrons. The van der Waals surface area contributed by atoms with E-state index in [4.69, 9.17) is 20.8 Å². The molecule has 1 aliphatic heterocycles. The molecule has 0 saturated carbocycles. The molecule has 4 rings (SSSR count). The fraction of sp³-hybridized carbons (Fsp3) is 0.167. The number of hydrogen-bond acceptors (Lipinski definition) is 5. The Hall–Kier alpha value is -3.51. The number of Topliss-reactive ketones (excluding diaryl/α,β-unsaturated/α-hetero) is 1. The Kier molecular flexibility index (Phi) is 5.82. The molecule has 6 nitrogen and oxygen atoms in total. The first-order valence-corrected chi connectivity index (χ1v) is 10.2. The summed E-state index contributed by atoms with van der Waals surface area (Å²) in [5, 5.41) is 11.5. The van der Waals surface area contributed by atoms with Crippen LogP contribution in [0.5, 0.6) is 5.75 Å². The Balaban J connectivity index is 1.82. The number of carbonyl (C=O) groups is 2. The zero-order chi connectivity index (χ0) is 22.0. The largest absolute Gasteiger partial charge is 0.507 e. The molecule has 1 aliphatic rings. The van der Waals surface area contributed by atoms with Crippen LogP contribution in [-0.4, -0.2) is 28.3 Å². The average Bonchev–Trinajstić information content (AvgIpc) is 3.37. The van der Waals surface area contributed by atoms with Gasteiger partial charge in [0.1, 0.15) is 17.3 Å². The second-order valence-corrected chi connectivity index (χ2v) is 7.45. The lowest BCUT2D eigenvalue weighted by Gasteiger charge is -2.24. The van der Waals surface area contributed by atoms with Crippen molar-refractivity contribution in [2.75, 3.05) is 6.61 Å². The second-order valence-electron chi connectivity index (χ2n) is 7.02. The number of ketones is 1. The average molecular weight is 438 g/mol. The third-order valence-electron chi connectivity index (χ3n) is 5.07. The van der Waals surface area contributed by atoms with E-state index in [1.54, 1.807) is 60.7 Å². The number of furan rings is 1. The fourth-order valence-electron chi connectivity index (χ4n) is 3.64. The highest BCUT2D eigenvalue weighted by Gasteiger charge is 2.46. The Bertz CT molecular complexity index is 1120. The summed E-state index contributed by atoms with van der Waals surface area (Å²) in [6.45, 7) is 2.50. The Morgan fingerprint density at radius 1 is 1.10 bits per heavy atom. The lowest BCUT2D eigenvalue weighted by atomic mass is 9.95. The topological polar surface area (TPSA) is 80.0 Å². The summed E-state index contributed by atoms with van der Waals surface area (Å²) in [4.78, 5) is 27.3. The number of aliphatic hydroxyl groups excluding tert-OH is 1. The Morgan fingerprint density at radius 2 is 1.81 bits per heavy atom. The van der Waals surface area contributed by atoms with Crippen LogP contribution >= 0.6 is 11.6 Å². The van der Waals surface area contributed by atoms with Gasteiger partial charge in [0.15, 0.2) is 0 Å². The first-order valence-electron chi connectivity index (χ1n) is 9.79. The van der Waals surface area contributed by atoms with Crippen molar-refractivity contribution >= 4 is 29.1 Å². The van der Waals surface area contributed by atoms with Crippen LogP contribution in [0.1, 0.15) is 29.9 Å². The highest BCUT2D eigenvalue weighted by molar-refractivity contribution is 6.46. The first kappa shape index (κ1) is 20.8. The Labute approximate surface area is 184 Å². The van der Waals surface area contributed by atoms with E-state index in [1.165, 1.54) is 11.2 Å². The van der Waals surface area contributed by atoms with Gasteiger partial charge in [-0.05, 0) is 61.0 Å². The molecule has 2 heterocycles. The number of ether oxygens (including phenoxy) is 1. The molecule has 1 N–H and O–H groups in total. The summed E-state index contributed by atoms with van der Waals surface area (Å²) in [5.74, 6) is -0.504. The zero-order valence-corrected chi connectivity index (χ0v) is 17.5. The highest BCUT2D eigenvalue weighted by Crippen LogP contribution is 2.40. The lowest BCUT2D eigenvalue weighted by Crippen LogP contribution is -2.29. The molecule has 3 aromatic rings. The van der Waals surface area contributed by atoms with Crippen molar-refractivity contribution in [3.63, 3.8) is 0 Å². The number of aliphatic hydroxyl groups is 1. The smallest absolute Gasteiger partial charge is 0.296 e. The van der Waals surface area contributed by atoms with Crippen LogP contribution in [0.25, 0.3) is 5.76 Å². The van der Waals surface area contributed by atoms with Gasteiger partial charge in [-0.3, -0.25) is 9.59 Å². The van der Waals surface area contributed by atoms with Crippen LogP contribution in [-0.2, 0) is 16.1 Å². The lowest BCUT2D eigenvalue weighted by molar-refractivity contribution is -0.140. The number of benzene rings is 2. The van der Waals surface area contributed by atoms with Gasteiger partial charge in [-0.2, -0.15) is 0 Å². The molecule has 1 saturated heterocycles. The van der Waals surface area contributed by atoms with Crippen LogP contribution < -0.4 is 4.74 Å². The number of hydrogen-bond donors (Lipinski definition) is 1. The number of amides is 1. The van der Waals surface area contributed by atoms with Gasteiger partial charge < -0.3 is 19.2 Å². The molecule has 0 radical (unpaired) electrons. The molecule has 7 heteroatoms. The summed E-state index contributed by atoms with van der Waals surface area (Å²) in [7, 11) is 0. The quantitative estimate of drug-likeness (QED) is 0.335. The van der Waals surface area contributed by atoms with Gasteiger partial charge in [0, 0.05) is 10.6 Å². The van der Waals surface area contributed by atoms with Crippen molar-refractivity contribution in [2.24, 2.45) is 0 Å². The summed E-state index contributed by atoms with van der Waals surface area (Å²) < 4.78 is 10.9. The minimum Gasteiger partial charge on any atom is -0.507 e. The van der Waals surface area contributed by atoms with Crippen molar-refractivity contribution < 1.29 is 23.8 Å². The molecular formula is C24H20ClNO5. The highest BCUT2D eigenvalue weighted by atomic mass is 35.5. The number of carbonyl (C=O) groups excluding carboxylic acids is 2. The van der Waals surface area contributed by atoms with Gasteiger partial charge in [-0.25, -0.2) is 0 Å². The van der Waals surface area contributed by atoms with Crippen molar-refractivity contribution in [3.05, 3.63) is 94.4 Å². The molecule has 1 atom stereocenters. The van der Waals surface area contributed by atoms with Gasteiger partial charge >= 0.3 is 0 Å². The van der Waals surface area contributed by atoms with E-state index in [0.29, 0.717) is 34.3 Å². The van der Waals surface area contributed by atoms with Crippen molar-refractivity contribution in [1.82, 2.24) is 4.90 Å². The van der Waals surface area contributed by atoms with Gasteiger partial charge in [0.2, 0.25) is 0 Å². The molecule has 1 amide bonds. The number of nitrogens with zero attached hydrogens (tertiary/aromatic N) is 1. The van der Waals surface area contributed by atoms with Crippen LogP contribution in [0.2, 0.25) is 5.02 Å². The zero-order valence-electron chi connectivity index (χ0n) is 16.7. The molecule has 0 bridgehead atoms. The summed E-state index contributed by atoms with van der Waals surface area (Å²) >= 11 is 5.95. The van der Waals surface area contributed by atoms with Crippen molar-refractivity contribution in [3.8, 4) is 5.75 Å². The number of halogens is 1. The maximum absolute atomic E-state index is 13.0. The van der Waals surface area contributed by atoms with E-state index >= 15 is 0 Å². The monoisotopic (exact) mass is 437 g/mol. The SMILES string of the molecule is CCOc1ccc(C2/C(=C(\O)c3ccc(Cl)cc3)C(=O)C(=O)N2Cc2ccco2)cc1.